The molecule has 0 spiro atoms. The van der Waals surface area contributed by atoms with E-state index in [2.05, 4.69) is 4.98 Å². The number of pyridine rings is 1. The van der Waals surface area contributed by atoms with Gasteiger partial charge in [0.25, 0.3) is 12.0 Å². The fourth-order valence-corrected chi connectivity index (χ4v) is 1.19. The van der Waals surface area contributed by atoms with Gasteiger partial charge in [0.1, 0.15) is 5.75 Å². The van der Waals surface area contributed by atoms with Gasteiger partial charge in [-0.2, -0.15) is 0 Å². The maximum atomic E-state index is 12.3. The zero-order valence-corrected chi connectivity index (χ0v) is 8.29. The number of aliphatic carboxylic acids is 1. The number of carboxylic acid groups (broad SMARTS) is 1. The smallest absolute Gasteiger partial charge is 0.309 e. The molecule has 0 aliphatic rings. The second kappa shape index (κ2) is 4.73. The Hall–Kier alpha value is -1.92. The van der Waals surface area contributed by atoms with Crippen molar-refractivity contribution >= 4 is 5.97 Å². The van der Waals surface area contributed by atoms with Crippen molar-refractivity contribution in [1.82, 2.24) is 4.98 Å². The lowest BCUT2D eigenvalue weighted by atomic mass is 10.2. The molecule has 0 aromatic carbocycles. The van der Waals surface area contributed by atoms with Crippen LogP contribution in [0.2, 0.25) is 0 Å². The van der Waals surface area contributed by atoms with E-state index in [9.17, 15) is 18.4 Å². The summed E-state index contributed by atoms with van der Waals surface area (Å²) in [6, 6.07) is 0.849. The molecule has 0 saturated heterocycles. The summed E-state index contributed by atoms with van der Waals surface area (Å²) in [5.74, 6) is -1.27. The van der Waals surface area contributed by atoms with Gasteiger partial charge in [0.15, 0.2) is 0 Å². The van der Waals surface area contributed by atoms with Crippen LogP contribution in [0.25, 0.3) is 0 Å². The number of carbonyl (C=O) groups is 1. The lowest BCUT2D eigenvalue weighted by Crippen LogP contribution is -2.17. The molecule has 0 amide bonds. The Bertz CT molecular complexity index is 455. The lowest BCUT2D eigenvalue weighted by Gasteiger charge is -2.08. The number of ether oxygens (including phenoxy) is 1. The predicted octanol–water partition coefficient (Wildman–Crippen LogP) is 0.948. The van der Waals surface area contributed by atoms with Crippen LogP contribution in [0, 0.1) is 0 Å². The van der Waals surface area contributed by atoms with Crippen LogP contribution >= 0.6 is 0 Å². The molecular weight excluding hydrogens is 224 g/mol. The number of nitrogens with one attached hydrogen (secondary N) is 1. The molecule has 0 fully saturated rings. The first-order valence-electron chi connectivity index (χ1n) is 4.25. The first-order chi connectivity index (χ1) is 7.45. The van der Waals surface area contributed by atoms with Crippen molar-refractivity contribution in [1.29, 1.82) is 0 Å². The fraction of sp³-hybridized carbons (Fsp3) is 0.333. The minimum Gasteiger partial charge on any atom is -0.495 e. The molecule has 0 aliphatic carbocycles. The van der Waals surface area contributed by atoms with Crippen LogP contribution in [0.3, 0.4) is 0 Å². The summed E-state index contributed by atoms with van der Waals surface area (Å²) < 4.78 is 29.4. The van der Waals surface area contributed by atoms with Crippen LogP contribution < -0.4 is 10.3 Å². The average molecular weight is 233 g/mol. The highest BCUT2D eigenvalue weighted by Crippen LogP contribution is 2.22. The van der Waals surface area contributed by atoms with E-state index in [1.54, 1.807) is 0 Å². The van der Waals surface area contributed by atoms with E-state index in [1.165, 1.54) is 7.11 Å². The monoisotopic (exact) mass is 233 g/mol. The molecule has 0 saturated carbocycles. The van der Waals surface area contributed by atoms with Crippen molar-refractivity contribution in [2.45, 2.75) is 12.8 Å². The van der Waals surface area contributed by atoms with E-state index < -0.39 is 29.9 Å². The Morgan fingerprint density at radius 2 is 2.25 bits per heavy atom. The topological polar surface area (TPSA) is 79.4 Å². The van der Waals surface area contributed by atoms with Gasteiger partial charge in [0, 0.05) is 0 Å². The molecule has 0 bridgehead atoms. The third kappa shape index (κ3) is 2.56. The highest BCUT2D eigenvalue weighted by Gasteiger charge is 2.17. The van der Waals surface area contributed by atoms with Gasteiger partial charge in [-0.1, -0.05) is 0 Å². The second-order valence-corrected chi connectivity index (χ2v) is 2.97. The largest absolute Gasteiger partial charge is 0.495 e. The van der Waals surface area contributed by atoms with Gasteiger partial charge in [0.05, 0.1) is 24.8 Å². The molecule has 1 rings (SSSR count). The van der Waals surface area contributed by atoms with Gasteiger partial charge < -0.3 is 14.8 Å². The third-order valence-corrected chi connectivity index (χ3v) is 1.89. The number of methoxy groups -OCH3 is 1. The molecule has 5 nitrogen and oxygen atoms in total. The van der Waals surface area contributed by atoms with E-state index in [0.717, 1.165) is 6.07 Å². The minimum absolute atomic E-state index is 0.0376. The summed E-state index contributed by atoms with van der Waals surface area (Å²) in [6.45, 7) is 0. The predicted molar refractivity (Wildman–Crippen MR) is 49.9 cm³/mol. The summed E-state index contributed by atoms with van der Waals surface area (Å²) in [5, 5.41) is 8.53. The Morgan fingerprint density at radius 1 is 1.62 bits per heavy atom. The van der Waals surface area contributed by atoms with Gasteiger partial charge in [-0.3, -0.25) is 9.59 Å². The summed E-state index contributed by atoms with van der Waals surface area (Å²) >= 11 is 0. The maximum Gasteiger partial charge on any atom is 0.309 e. The standard InChI is InChI=1S/C9H9F2NO4/c1-16-6-2-4(8(10)11)9(15)12-5(6)3-7(13)14/h2,8H,3H2,1H3,(H,12,15)(H,13,14). The van der Waals surface area contributed by atoms with Crippen LogP contribution in [-0.2, 0) is 11.2 Å². The van der Waals surface area contributed by atoms with Gasteiger partial charge >= 0.3 is 5.97 Å². The molecule has 0 atom stereocenters. The first kappa shape index (κ1) is 12.2. The molecule has 88 valence electrons. The molecule has 0 unspecified atom stereocenters. The van der Waals surface area contributed by atoms with Crippen LogP contribution in [0.5, 0.6) is 5.75 Å². The molecule has 2 N–H and O–H groups in total. The molecule has 1 heterocycles. The zero-order chi connectivity index (χ0) is 12.3. The zero-order valence-electron chi connectivity index (χ0n) is 8.29. The quantitative estimate of drug-likeness (QED) is 0.811. The van der Waals surface area contributed by atoms with E-state index in [1.807, 2.05) is 0 Å². The highest BCUT2D eigenvalue weighted by atomic mass is 19.3. The van der Waals surface area contributed by atoms with Crippen molar-refractivity contribution in [3.8, 4) is 5.75 Å². The minimum atomic E-state index is -2.93. The Kier molecular flexibility index (Phi) is 3.60. The number of alkyl halides is 2. The first-order valence-corrected chi connectivity index (χ1v) is 4.25. The summed E-state index contributed by atoms with van der Waals surface area (Å²) in [6.07, 6.45) is -3.43. The Morgan fingerprint density at radius 3 is 2.69 bits per heavy atom. The molecule has 16 heavy (non-hydrogen) atoms. The van der Waals surface area contributed by atoms with Crippen LogP contribution in [-0.4, -0.2) is 23.2 Å². The van der Waals surface area contributed by atoms with Crippen molar-refractivity contribution in [3.63, 3.8) is 0 Å². The third-order valence-electron chi connectivity index (χ3n) is 1.89. The number of aromatic amines is 1. The molecule has 0 radical (unpaired) electrons. The van der Waals surface area contributed by atoms with Gasteiger partial charge in [-0.25, -0.2) is 8.78 Å². The number of halogens is 2. The normalized spacial score (nSPS) is 10.5. The van der Waals surface area contributed by atoms with Crippen molar-refractivity contribution < 1.29 is 23.4 Å². The van der Waals surface area contributed by atoms with Crippen molar-refractivity contribution in [2.75, 3.05) is 7.11 Å². The molecule has 0 aliphatic heterocycles. The molecule has 7 heteroatoms. The number of aromatic nitrogens is 1. The van der Waals surface area contributed by atoms with Gasteiger partial charge in [-0.15, -0.1) is 0 Å². The summed E-state index contributed by atoms with van der Waals surface area (Å²) in [5.41, 5.74) is -1.79. The van der Waals surface area contributed by atoms with E-state index >= 15 is 0 Å². The number of hydrogen-bond acceptors (Lipinski definition) is 3. The van der Waals surface area contributed by atoms with Gasteiger partial charge in [0.2, 0.25) is 0 Å². The Balaban J connectivity index is 3.26. The van der Waals surface area contributed by atoms with Crippen LogP contribution in [0.4, 0.5) is 8.78 Å². The van der Waals surface area contributed by atoms with Crippen molar-refractivity contribution in [3.05, 3.63) is 27.7 Å². The number of rotatable bonds is 4. The van der Waals surface area contributed by atoms with E-state index in [4.69, 9.17) is 9.84 Å². The molecule has 1 aromatic rings. The van der Waals surface area contributed by atoms with Crippen LogP contribution in [0.1, 0.15) is 17.7 Å². The van der Waals surface area contributed by atoms with E-state index in [0.29, 0.717) is 0 Å². The van der Waals surface area contributed by atoms with E-state index in [-0.39, 0.29) is 11.4 Å². The molecule has 1 aromatic heterocycles. The Labute approximate surface area is 88.7 Å². The number of carboxylic acids is 1. The molecular formula is C9H9F2NO4. The van der Waals surface area contributed by atoms with Crippen LogP contribution in [0.15, 0.2) is 10.9 Å². The fourth-order valence-electron chi connectivity index (χ4n) is 1.19. The lowest BCUT2D eigenvalue weighted by molar-refractivity contribution is -0.136. The second-order valence-electron chi connectivity index (χ2n) is 2.97. The average Bonchev–Trinajstić information content (AvgIpc) is 2.16. The maximum absolute atomic E-state index is 12.3. The highest BCUT2D eigenvalue weighted by molar-refractivity contribution is 5.70. The SMILES string of the molecule is COc1cc(C(F)F)c(=O)[nH]c1CC(=O)O. The van der Waals surface area contributed by atoms with Crippen molar-refractivity contribution in [2.24, 2.45) is 0 Å². The summed E-state index contributed by atoms with van der Waals surface area (Å²) in [7, 11) is 1.20. The number of hydrogen-bond donors (Lipinski definition) is 2. The van der Waals surface area contributed by atoms with Gasteiger partial charge in [-0.05, 0) is 6.07 Å². The summed E-state index contributed by atoms with van der Waals surface area (Å²) in [4.78, 5) is 23.7. The number of H-pyrrole nitrogens is 1.